The van der Waals surface area contributed by atoms with Crippen molar-refractivity contribution in [3.8, 4) is 27.9 Å². The molecule has 0 N–H and O–H groups in total. The van der Waals surface area contributed by atoms with Crippen molar-refractivity contribution >= 4 is 82.1 Å². The molecule has 0 amide bonds. The van der Waals surface area contributed by atoms with Gasteiger partial charge in [-0.2, -0.15) is 0 Å². The van der Waals surface area contributed by atoms with Gasteiger partial charge in [0.1, 0.15) is 0 Å². The van der Waals surface area contributed by atoms with Crippen LogP contribution in [0.15, 0.2) is 240 Å². The third-order valence-electron chi connectivity index (χ3n) is 13.9. The van der Waals surface area contributed by atoms with Gasteiger partial charge in [0.25, 0.3) is 0 Å². The monoisotopic (exact) mass is 862 g/mol. The van der Waals surface area contributed by atoms with E-state index in [0.717, 1.165) is 17.1 Å². The van der Waals surface area contributed by atoms with Crippen LogP contribution >= 0.6 is 23.1 Å². The summed E-state index contributed by atoms with van der Waals surface area (Å²) in [5.41, 5.74) is 17.0. The van der Waals surface area contributed by atoms with Crippen molar-refractivity contribution in [3.63, 3.8) is 0 Å². The van der Waals surface area contributed by atoms with Gasteiger partial charge in [0.2, 0.25) is 0 Å². The lowest BCUT2D eigenvalue weighted by Gasteiger charge is -2.39. The maximum Gasteiger partial charge on any atom is 0.0735 e. The first-order valence-corrected chi connectivity index (χ1v) is 23.9. The number of anilines is 3. The minimum atomic E-state index is -0.381. The number of hydrogen-bond acceptors (Lipinski definition) is 3. The van der Waals surface area contributed by atoms with Gasteiger partial charge >= 0.3 is 0 Å². The first-order chi connectivity index (χ1) is 32.2. The average Bonchev–Trinajstić information content (AvgIpc) is 4.02. The number of fused-ring (bicyclic) bond motifs is 15. The zero-order chi connectivity index (χ0) is 42.6. The quantitative estimate of drug-likeness (QED) is 0.170. The second-order valence-electron chi connectivity index (χ2n) is 17.2. The van der Waals surface area contributed by atoms with Crippen LogP contribution in [0.1, 0.15) is 22.3 Å². The summed E-state index contributed by atoms with van der Waals surface area (Å²) in [6.45, 7) is 0. The Morgan fingerprint density at radius 3 is 1.82 bits per heavy atom. The molecule has 304 valence electrons. The summed E-state index contributed by atoms with van der Waals surface area (Å²) in [7, 11) is 0. The highest BCUT2D eigenvalue weighted by Gasteiger charge is 2.50. The van der Waals surface area contributed by atoms with Crippen LogP contribution < -0.4 is 4.90 Å². The van der Waals surface area contributed by atoms with E-state index in [1.54, 1.807) is 0 Å². The molecule has 0 atom stereocenters. The van der Waals surface area contributed by atoms with Crippen molar-refractivity contribution < 1.29 is 0 Å². The fourth-order valence-corrected chi connectivity index (χ4v) is 13.6. The Morgan fingerprint density at radius 2 is 1.00 bits per heavy atom. The highest BCUT2D eigenvalue weighted by atomic mass is 32.2. The topological polar surface area (TPSA) is 8.17 Å². The number of benzene rings is 10. The summed E-state index contributed by atoms with van der Waals surface area (Å²) in [6.07, 6.45) is 0. The van der Waals surface area contributed by atoms with Gasteiger partial charge in [0.05, 0.1) is 26.8 Å². The standard InChI is InChI=1S/C61H38N2S2/c1-2-15-41(16-3-1)63-54-25-11-6-19-46(54)47-35-34-43(38-56(47)63)62(55-26-14-21-49-48-20-7-12-27-57(48)65-60(49)55)42-32-29-39(30-33-42)40-31-36-53-59(37-40)64-58-28-13-10-24-52(58)61(53)50-22-8-4-17-44(50)45-18-5-9-23-51(45)61/h1-38H. The highest BCUT2D eigenvalue weighted by Crippen LogP contribution is 2.62. The van der Waals surface area contributed by atoms with Gasteiger partial charge in [-0.05, 0) is 111 Å². The van der Waals surface area contributed by atoms with Gasteiger partial charge < -0.3 is 9.47 Å². The number of nitrogens with zero attached hydrogens (tertiary/aromatic N) is 2. The molecule has 0 saturated heterocycles. The highest BCUT2D eigenvalue weighted by molar-refractivity contribution is 7.99. The molecule has 2 nitrogen and oxygen atoms in total. The number of hydrogen-bond donors (Lipinski definition) is 0. The van der Waals surface area contributed by atoms with Gasteiger partial charge in [0, 0.05) is 53.1 Å². The molecular weight excluding hydrogens is 825 g/mol. The molecule has 1 aliphatic heterocycles. The fraction of sp³-hybridized carbons (Fsp3) is 0.0164. The van der Waals surface area contributed by atoms with E-state index in [9.17, 15) is 0 Å². The van der Waals surface area contributed by atoms with Crippen molar-refractivity contribution in [2.75, 3.05) is 4.90 Å². The predicted molar refractivity (Wildman–Crippen MR) is 275 cm³/mol. The number of para-hydroxylation sites is 2. The van der Waals surface area contributed by atoms with E-state index < -0.39 is 0 Å². The lowest BCUT2D eigenvalue weighted by atomic mass is 9.67. The Kier molecular flexibility index (Phi) is 8.04. The zero-order valence-electron chi connectivity index (χ0n) is 35.2. The average molecular weight is 863 g/mol. The van der Waals surface area contributed by atoms with Gasteiger partial charge in [0.15, 0.2) is 0 Å². The molecule has 4 heteroatoms. The Morgan fingerprint density at radius 1 is 0.385 bits per heavy atom. The normalized spacial score (nSPS) is 13.3. The summed E-state index contributed by atoms with van der Waals surface area (Å²) in [6, 6.07) is 85.6. The maximum atomic E-state index is 2.46. The smallest absolute Gasteiger partial charge is 0.0735 e. The first-order valence-electron chi connectivity index (χ1n) is 22.2. The summed E-state index contributed by atoms with van der Waals surface area (Å²) in [5.74, 6) is 0. The minimum Gasteiger partial charge on any atom is -0.309 e. The van der Waals surface area contributed by atoms with E-state index >= 15 is 0 Å². The number of thiophene rings is 1. The van der Waals surface area contributed by atoms with Crippen molar-refractivity contribution in [2.45, 2.75) is 15.2 Å². The van der Waals surface area contributed by atoms with Crippen molar-refractivity contribution in [3.05, 3.63) is 253 Å². The van der Waals surface area contributed by atoms with E-state index in [2.05, 4.69) is 240 Å². The van der Waals surface area contributed by atoms with Crippen molar-refractivity contribution in [1.82, 2.24) is 4.57 Å². The van der Waals surface area contributed by atoms with Gasteiger partial charge in [-0.25, -0.2) is 0 Å². The molecule has 0 bridgehead atoms. The molecule has 2 aromatic heterocycles. The molecule has 1 aliphatic carbocycles. The minimum absolute atomic E-state index is 0.381. The van der Waals surface area contributed by atoms with Crippen LogP contribution in [0.25, 0.3) is 69.9 Å². The van der Waals surface area contributed by atoms with Gasteiger partial charge in [-0.3, -0.25) is 0 Å². The molecule has 0 fully saturated rings. The van der Waals surface area contributed by atoms with Crippen molar-refractivity contribution in [1.29, 1.82) is 0 Å². The summed E-state index contributed by atoms with van der Waals surface area (Å²) in [5, 5.41) is 5.06. The summed E-state index contributed by atoms with van der Waals surface area (Å²) >= 11 is 3.77. The maximum absolute atomic E-state index is 2.46. The Balaban J connectivity index is 0.934. The molecule has 3 heterocycles. The van der Waals surface area contributed by atoms with Crippen LogP contribution in [0.4, 0.5) is 17.1 Å². The second kappa shape index (κ2) is 14.2. The van der Waals surface area contributed by atoms with Gasteiger partial charge in [-0.1, -0.05) is 176 Å². The molecule has 65 heavy (non-hydrogen) atoms. The lowest BCUT2D eigenvalue weighted by Crippen LogP contribution is -2.31. The molecule has 0 radical (unpaired) electrons. The zero-order valence-corrected chi connectivity index (χ0v) is 36.8. The Bertz CT molecular complexity index is 3830. The molecular formula is C61H38N2S2. The molecule has 14 rings (SSSR count). The van der Waals surface area contributed by atoms with E-state index in [-0.39, 0.29) is 5.41 Å². The van der Waals surface area contributed by atoms with E-state index in [4.69, 9.17) is 0 Å². The molecule has 1 spiro atoms. The van der Waals surface area contributed by atoms with Crippen LogP contribution in [-0.4, -0.2) is 4.57 Å². The Hall–Kier alpha value is -7.63. The van der Waals surface area contributed by atoms with Gasteiger partial charge in [-0.15, -0.1) is 11.3 Å². The molecule has 0 saturated carbocycles. The molecule has 10 aromatic carbocycles. The summed E-state index contributed by atoms with van der Waals surface area (Å²) < 4.78 is 4.98. The number of aromatic nitrogens is 1. The first kappa shape index (κ1) is 36.8. The van der Waals surface area contributed by atoms with E-state index in [1.165, 1.54) is 102 Å². The second-order valence-corrected chi connectivity index (χ2v) is 19.3. The van der Waals surface area contributed by atoms with Crippen LogP contribution in [0.5, 0.6) is 0 Å². The van der Waals surface area contributed by atoms with Crippen LogP contribution in [0.3, 0.4) is 0 Å². The number of rotatable bonds is 5. The van der Waals surface area contributed by atoms with E-state index in [1.807, 2.05) is 23.1 Å². The third-order valence-corrected chi connectivity index (χ3v) is 16.2. The van der Waals surface area contributed by atoms with Crippen LogP contribution in [0, 0.1) is 0 Å². The van der Waals surface area contributed by atoms with E-state index in [0.29, 0.717) is 0 Å². The Labute approximate surface area is 385 Å². The SMILES string of the molecule is c1ccc(-n2c3ccccc3c3ccc(N(c4ccc(-c5ccc6c(c5)Sc5ccccc5C65c6ccccc6-c6ccccc65)cc4)c4cccc5c4sc4ccccc45)cc32)cc1. The lowest BCUT2D eigenvalue weighted by molar-refractivity contribution is 0.722. The molecule has 2 aliphatic rings. The predicted octanol–water partition coefficient (Wildman–Crippen LogP) is 17.1. The van der Waals surface area contributed by atoms with Crippen LogP contribution in [0.2, 0.25) is 0 Å². The largest absolute Gasteiger partial charge is 0.309 e. The third kappa shape index (κ3) is 5.30. The molecule has 12 aromatic rings. The summed E-state index contributed by atoms with van der Waals surface area (Å²) in [4.78, 5) is 5.08. The van der Waals surface area contributed by atoms with Crippen LogP contribution in [-0.2, 0) is 5.41 Å². The fourth-order valence-electron chi connectivity index (χ4n) is 11.1. The molecule has 0 unspecified atom stereocenters. The van der Waals surface area contributed by atoms with Crippen molar-refractivity contribution in [2.24, 2.45) is 0 Å².